The average Bonchev–Trinajstić information content (AvgIpc) is 2.87. The first kappa shape index (κ1) is 14.5. The first-order valence-corrected chi connectivity index (χ1v) is 6.83. The molecule has 1 saturated heterocycles. The van der Waals surface area contributed by atoms with Crippen molar-refractivity contribution in [2.45, 2.75) is 25.3 Å². The summed E-state index contributed by atoms with van der Waals surface area (Å²) in [5.74, 6) is -0.845. The van der Waals surface area contributed by atoms with Gasteiger partial charge in [-0.15, -0.1) is 0 Å². The first-order chi connectivity index (χ1) is 9.56. The van der Waals surface area contributed by atoms with Crippen LogP contribution in [0.4, 0.5) is 0 Å². The SMILES string of the molecule is CC(=O)NC(CN1CCC(c2ccccc2)C1)C(=O)O. The Balaban J connectivity index is 1.92. The molecule has 0 saturated carbocycles. The molecular weight excluding hydrogens is 256 g/mol. The Morgan fingerprint density at radius 2 is 2.10 bits per heavy atom. The van der Waals surface area contributed by atoms with E-state index in [-0.39, 0.29) is 5.91 Å². The molecule has 5 heteroatoms. The highest BCUT2D eigenvalue weighted by Crippen LogP contribution is 2.26. The Hall–Kier alpha value is -1.88. The summed E-state index contributed by atoms with van der Waals surface area (Å²) in [4.78, 5) is 24.3. The molecule has 2 atom stereocenters. The number of likely N-dealkylation sites (tertiary alicyclic amines) is 1. The van der Waals surface area contributed by atoms with E-state index in [1.807, 2.05) is 18.2 Å². The van der Waals surface area contributed by atoms with Gasteiger partial charge < -0.3 is 15.3 Å². The maximum Gasteiger partial charge on any atom is 0.327 e. The van der Waals surface area contributed by atoms with Crippen molar-refractivity contribution >= 4 is 11.9 Å². The minimum Gasteiger partial charge on any atom is -0.480 e. The van der Waals surface area contributed by atoms with Crippen molar-refractivity contribution in [1.82, 2.24) is 10.2 Å². The fourth-order valence-corrected chi connectivity index (χ4v) is 2.68. The number of hydrogen-bond acceptors (Lipinski definition) is 3. The fraction of sp³-hybridized carbons (Fsp3) is 0.467. The van der Waals surface area contributed by atoms with Gasteiger partial charge in [0.15, 0.2) is 0 Å². The molecule has 1 aromatic carbocycles. The molecule has 0 aromatic heterocycles. The molecule has 1 amide bonds. The standard InChI is InChI=1S/C15H20N2O3/c1-11(18)16-14(15(19)20)10-17-8-7-13(9-17)12-5-3-2-4-6-12/h2-6,13-14H,7-10H2,1H3,(H,16,18)(H,19,20). The zero-order valence-corrected chi connectivity index (χ0v) is 11.6. The van der Waals surface area contributed by atoms with Crippen LogP contribution < -0.4 is 5.32 Å². The van der Waals surface area contributed by atoms with Crippen LogP contribution in [-0.2, 0) is 9.59 Å². The molecule has 0 radical (unpaired) electrons. The zero-order valence-electron chi connectivity index (χ0n) is 11.6. The maximum atomic E-state index is 11.1. The fourth-order valence-electron chi connectivity index (χ4n) is 2.68. The number of carboxylic acid groups (broad SMARTS) is 1. The minimum atomic E-state index is -0.983. The van der Waals surface area contributed by atoms with Crippen molar-refractivity contribution in [2.24, 2.45) is 0 Å². The van der Waals surface area contributed by atoms with Crippen LogP contribution in [-0.4, -0.2) is 47.6 Å². The highest BCUT2D eigenvalue weighted by atomic mass is 16.4. The van der Waals surface area contributed by atoms with Crippen molar-refractivity contribution in [2.75, 3.05) is 19.6 Å². The first-order valence-electron chi connectivity index (χ1n) is 6.83. The highest BCUT2D eigenvalue weighted by Gasteiger charge is 2.28. The molecule has 1 aliphatic rings. The third-order valence-corrected chi connectivity index (χ3v) is 3.66. The van der Waals surface area contributed by atoms with Gasteiger partial charge in [0.2, 0.25) is 5.91 Å². The van der Waals surface area contributed by atoms with Gasteiger partial charge in [-0.3, -0.25) is 4.79 Å². The third-order valence-electron chi connectivity index (χ3n) is 3.66. The summed E-state index contributed by atoms with van der Waals surface area (Å²) in [5, 5.41) is 11.6. The van der Waals surface area contributed by atoms with E-state index in [2.05, 4.69) is 22.3 Å². The molecule has 20 heavy (non-hydrogen) atoms. The number of carboxylic acids is 1. The van der Waals surface area contributed by atoms with Gasteiger partial charge in [0.1, 0.15) is 6.04 Å². The Bertz CT molecular complexity index is 475. The zero-order chi connectivity index (χ0) is 14.5. The summed E-state index contributed by atoms with van der Waals surface area (Å²) in [6.45, 7) is 3.40. The average molecular weight is 276 g/mol. The second kappa shape index (κ2) is 6.52. The highest BCUT2D eigenvalue weighted by molar-refractivity contribution is 5.82. The lowest BCUT2D eigenvalue weighted by Gasteiger charge is -2.21. The second-order valence-electron chi connectivity index (χ2n) is 5.25. The van der Waals surface area contributed by atoms with Crippen LogP contribution in [0.1, 0.15) is 24.8 Å². The van der Waals surface area contributed by atoms with Gasteiger partial charge in [0, 0.05) is 20.0 Å². The van der Waals surface area contributed by atoms with Crippen LogP contribution in [0, 0.1) is 0 Å². The largest absolute Gasteiger partial charge is 0.480 e. The van der Waals surface area contributed by atoms with E-state index >= 15 is 0 Å². The number of carbonyl (C=O) groups is 2. The number of benzene rings is 1. The van der Waals surface area contributed by atoms with Gasteiger partial charge in [-0.05, 0) is 24.4 Å². The van der Waals surface area contributed by atoms with E-state index in [4.69, 9.17) is 5.11 Å². The van der Waals surface area contributed by atoms with Crippen molar-refractivity contribution in [3.63, 3.8) is 0 Å². The number of nitrogens with one attached hydrogen (secondary N) is 1. The van der Waals surface area contributed by atoms with Crippen molar-refractivity contribution in [3.8, 4) is 0 Å². The summed E-state index contributed by atoms with van der Waals surface area (Å²) in [7, 11) is 0. The topological polar surface area (TPSA) is 69.6 Å². The number of rotatable bonds is 5. The molecule has 5 nitrogen and oxygen atoms in total. The summed E-state index contributed by atoms with van der Waals surface area (Å²) in [6.07, 6.45) is 1.02. The molecule has 1 aromatic rings. The molecule has 1 aliphatic heterocycles. The summed E-state index contributed by atoms with van der Waals surface area (Å²) in [6, 6.07) is 9.42. The predicted molar refractivity (Wildman–Crippen MR) is 75.5 cm³/mol. The van der Waals surface area contributed by atoms with Crippen molar-refractivity contribution in [3.05, 3.63) is 35.9 Å². The Labute approximate surface area is 118 Å². The third kappa shape index (κ3) is 3.81. The number of amides is 1. The van der Waals surface area contributed by atoms with Gasteiger partial charge in [-0.2, -0.15) is 0 Å². The Kier molecular flexibility index (Phi) is 4.74. The van der Waals surface area contributed by atoms with Crippen LogP contribution in [0.15, 0.2) is 30.3 Å². The molecule has 0 bridgehead atoms. The van der Waals surface area contributed by atoms with Crippen LogP contribution in [0.5, 0.6) is 0 Å². The molecule has 1 heterocycles. The normalized spacial score (nSPS) is 20.6. The number of carbonyl (C=O) groups excluding carboxylic acids is 1. The lowest BCUT2D eigenvalue weighted by Crippen LogP contribution is -2.47. The summed E-state index contributed by atoms with van der Waals surface area (Å²) >= 11 is 0. The van der Waals surface area contributed by atoms with Gasteiger partial charge in [-0.25, -0.2) is 4.79 Å². The predicted octanol–water partition coefficient (Wildman–Crippen LogP) is 1.07. The van der Waals surface area contributed by atoms with Crippen LogP contribution in [0.25, 0.3) is 0 Å². The van der Waals surface area contributed by atoms with Gasteiger partial charge in [0.25, 0.3) is 0 Å². The van der Waals surface area contributed by atoms with Gasteiger partial charge in [0.05, 0.1) is 0 Å². The van der Waals surface area contributed by atoms with E-state index in [1.165, 1.54) is 12.5 Å². The molecule has 1 fully saturated rings. The second-order valence-corrected chi connectivity index (χ2v) is 5.25. The molecule has 2 unspecified atom stereocenters. The van der Waals surface area contributed by atoms with Crippen molar-refractivity contribution in [1.29, 1.82) is 0 Å². The Morgan fingerprint density at radius 3 is 2.70 bits per heavy atom. The molecular formula is C15H20N2O3. The van der Waals surface area contributed by atoms with E-state index in [9.17, 15) is 9.59 Å². The lowest BCUT2D eigenvalue weighted by molar-refractivity contribution is -0.142. The molecule has 2 rings (SSSR count). The molecule has 0 aliphatic carbocycles. The van der Waals surface area contributed by atoms with E-state index in [0.29, 0.717) is 12.5 Å². The molecule has 2 N–H and O–H groups in total. The van der Waals surface area contributed by atoms with Crippen molar-refractivity contribution < 1.29 is 14.7 Å². The number of aliphatic carboxylic acids is 1. The molecule has 108 valence electrons. The number of hydrogen-bond donors (Lipinski definition) is 2. The quantitative estimate of drug-likeness (QED) is 0.844. The number of nitrogens with zero attached hydrogens (tertiary/aromatic N) is 1. The minimum absolute atomic E-state index is 0.309. The van der Waals surface area contributed by atoms with Crippen LogP contribution >= 0.6 is 0 Å². The van der Waals surface area contributed by atoms with E-state index in [1.54, 1.807) is 0 Å². The van der Waals surface area contributed by atoms with E-state index in [0.717, 1.165) is 19.5 Å². The summed E-state index contributed by atoms with van der Waals surface area (Å²) in [5.41, 5.74) is 1.29. The van der Waals surface area contributed by atoms with Crippen LogP contribution in [0.3, 0.4) is 0 Å². The van der Waals surface area contributed by atoms with E-state index < -0.39 is 12.0 Å². The Morgan fingerprint density at radius 1 is 1.40 bits per heavy atom. The van der Waals surface area contributed by atoms with Gasteiger partial charge in [-0.1, -0.05) is 30.3 Å². The lowest BCUT2D eigenvalue weighted by atomic mass is 9.99. The van der Waals surface area contributed by atoms with Gasteiger partial charge >= 0.3 is 5.97 Å². The summed E-state index contributed by atoms with van der Waals surface area (Å²) < 4.78 is 0. The monoisotopic (exact) mass is 276 g/mol. The smallest absolute Gasteiger partial charge is 0.327 e. The van der Waals surface area contributed by atoms with Crippen LogP contribution in [0.2, 0.25) is 0 Å². The molecule has 0 spiro atoms. The maximum absolute atomic E-state index is 11.1.